The normalized spacial score (nSPS) is 14.9. The molecule has 1 amide bonds. The number of carbonyl (C=O) groups is 1. The summed E-state index contributed by atoms with van der Waals surface area (Å²) >= 11 is 0. The highest BCUT2D eigenvalue weighted by molar-refractivity contribution is 5.76. The zero-order valence-corrected chi connectivity index (χ0v) is 10.3. The van der Waals surface area contributed by atoms with E-state index < -0.39 is 0 Å². The van der Waals surface area contributed by atoms with Crippen molar-refractivity contribution < 1.29 is 4.79 Å². The summed E-state index contributed by atoms with van der Waals surface area (Å²) in [5, 5.41) is 6.30. The van der Waals surface area contributed by atoms with E-state index in [0.717, 1.165) is 38.0 Å². The lowest BCUT2D eigenvalue weighted by molar-refractivity contribution is -0.121. The Hall–Kier alpha value is -1.36. The van der Waals surface area contributed by atoms with E-state index in [9.17, 15) is 4.79 Å². The van der Waals surface area contributed by atoms with Crippen LogP contribution < -0.4 is 10.6 Å². The molecule has 1 aromatic rings. The van der Waals surface area contributed by atoms with Gasteiger partial charge in [0.25, 0.3) is 0 Å². The molecule has 1 aliphatic rings. The van der Waals surface area contributed by atoms with E-state index in [-0.39, 0.29) is 5.91 Å². The number of aryl methyl sites for hydroxylation is 1. The average molecular weight is 236 g/mol. The summed E-state index contributed by atoms with van der Waals surface area (Å²) in [7, 11) is 1.98. The predicted octanol–water partition coefficient (Wildman–Crippen LogP) is 0.568. The van der Waals surface area contributed by atoms with Gasteiger partial charge < -0.3 is 15.2 Å². The van der Waals surface area contributed by atoms with Gasteiger partial charge in [-0.1, -0.05) is 0 Å². The first-order valence-corrected chi connectivity index (χ1v) is 6.21. The second-order valence-corrected chi connectivity index (χ2v) is 4.62. The van der Waals surface area contributed by atoms with Crippen LogP contribution in [0.25, 0.3) is 0 Å². The van der Waals surface area contributed by atoms with Crippen molar-refractivity contribution in [3.63, 3.8) is 0 Å². The monoisotopic (exact) mass is 236 g/mol. The lowest BCUT2D eigenvalue weighted by atomic mass is 10.3. The summed E-state index contributed by atoms with van der Waals surface area (Å²) in [5.41, 5.74) is 1.16. The molecule has 0 saturated heterocycles. The minimum absolute atomic E-state index is 0.190. The summed E-state index contributed by atoms with van der Waals surface area (Å²) in [6.45, 7) is 1.67. The fourth-order valence-corrected chi connectivity index (χ4v) is 1.67. The van der Waals surface area contributed by atoms with E-state index >= 15 is 0 Å². The molecule has 17 heavy (non-hydrogen) atoms. The standard InChI is InChI=1S/C12H20N4O/c1-16-9-14-8-11(16)7-13-6-2-3-12(17)15-10-4-5-10/h8-10,13H,2-7H2,1H3,(H,15,17). The van der Waals surface area contributed by atoms with Crippen LogP contribution in [0.4, 0.5) is 0 Å². The largest absolute Gasteiger partial charge is 0.353 e. The summed E-state index contributed by atoms with van der Waals surface area (Å²) in [4.78, 5) is 15.4. The fourth-order valence-electron chi connectivity index (χ4n) is 1.67. The van der Waals surface area contributed by atoms with Crippen LogP contribution in [-0.2, 0) is 18.4 Å². The number of carbonyl (C=O) groups excluding carboxylic acids is 1. The first-order chi connectivity index (χ1) is 8.25. The summed E-state index contributed by atoms with van der Waals surface area (Å²) < 4.78 is 1.99. The fraction of sp³-hybridized carbons (Fsp3) is 0.667. The second-order valence-electron chi connectivity index (χ2n) is 4.62. The Labute approximate surface area is 102 Å². The SMILES string of the molecule is Cn1cncc1CNCCCC(=O)NC1CC1. The predicted molar refractivity (Wildman–Crippen MR) is 65.3 cm³/mol. The minimum Gasteiger partial charge on any atom is -0.353 e. The lowest BCUT2D eigenvalue weighted by Crippen LogP contribution is -2.26. The van der Waals surface area contributed by atoms with Gasteiger partial charge in [-0.2, -0.15) is 0 Å². The van der Waals surface area contributed by atoms with Crippen molar-refractivity contribution in [3.05, 3.63) is 18.2 Å². The van der Waals surface area contributed by atoms with E-state index in [4.69, 9.17) is 0 Å². The number of imidazole rings is 1. The molecule has 0 spiro atoms. The molecule has 0 radical (unpaired) electrons. The number of rotatable bonds is 7. The highest BCUT2D eigenvalue weighted by Crippen LogP contribution is 2.18. The maximum atomic E-state index is 11.4. The summed E-state index contributed by atoms with van der Waals surface area (Å²) in [5.74, 6) is 0.190. The van der Waals surface area contributed by atoms with Crippen LogP contribution in [0.1, 0.15) is 31.4 Å². The number of hydrogen-bond acceptors (Lipinski definition) is 3. The van der Waals surface area contributed by atoms with E-state index in [1.807, 2.05) is 17.8 Å². The molecule has 0 bridgehead atoms. The maximum absolute atomic E-state index is 11.4. The lowest BCUT2D eigenvalue weighted by Gasteiger charge is -2.05. The van der Waals surface area contributed by atoms with E-state index in [0.29, 0.717) is 12.5 Å². The molecule has 94 valence electrons. The molecule has 1 saturated carbocycles. The Morgan fingerprint density at radius 3 is 3.06 bits per heavy atom. The van der Waals surface area contributed by atoms with Crippen molar-refractivity contribution in [2.24, 2.45) is 7.05 Å². The van der Waals surface area contributed by atoms with E-state index in [1.165, 1.54) is 0 Å². The van der Waals surface area contributed by atoms with Crippen LogP contribution in [-0.4, -0.2) is 28.0 Å². The van der Waals surface area contributed by atoms with Gasteiger partial charge in [0.1, 0.15) is 0 Å². The molecular weight excluding hydrogens is 216 g/mol. The molecule has 5 nitrogen and oxygen atoms in total. The zero-order valence-electron chi connectivity index (χ0n) is 10.3. The molecule has 2 rings (SSSR count). The quantitative estimate of drug-likeness (QED) is 0.680. The van der Waals surface area contributed by atoms with Crippen LogP contribution in [0, 0.1) is 0 Å². The van der Waals surface area contributed by atoms with Crippen LogP contribution in [0.3, 0.4) is 0 Å². The van der Waals surface area contributed by atoms with Gasteiger partial charge in [0.15, 0.2) is 0 Å². The Kier molecular flexibility index (Phi) is 4.14. The second kappa shape index (κ2) is 5.82. The molecule has 1 aliphatic carbocycles. The van der Waals surface area contributed by atoms with Gasteiger partial charge in [0, 0.05) is 32.3 Å². The van der Waals surface area contributed by atoms with Gasteiger partial charge in [-0.3, -0.25) is 4.79 Å². The maximum Gasteiger partial charge on any atom is 0.220 e. The summed E-state index contributed by atoms with van der Waals surface area (Å²) in [6.07, 6.45) is 7.47. The summed E-state index contributed by atoms with van der Waals surface area (Å²) in [6, 6.07) is 0.477. The van der Waals surface area contributed by atoms with Crippen LogP contribution in [0.2, 0.25) is 0 Å². The van der Waals surface area contributed by atoms with Gasteiger partial charge in [-0.25, -0.2) is 4.98 Å². The molecule has 5 heteroatoms. The van der Waals surface area contributed by atoms with Gasteiger partial charge >= 0.3 is 0 Å². The van der Waals surface area contributed by atoms with Gasteiger partial charge in [-0.15, -0.1) is 0 Å². The van der Waals surface area contributed by atoms with Crippen molar-refractivity contribution in [2.45, 2.75) is 38.3 Å². The van der Waals surface area contributed by atoms with Crippen molar-refractivity contribution in [1.82, 2.24) is 20.2 Å². The Morgan fingerprint density at radius 2 is 2.41 bits per heavy atom. The molecular formula is C12H20N4O. The van der Waals surface area contributed by atoms with Crippen molar-refractivity contribution in [1.29, 1.82) is 0 Å². The van der Waals surface area contributed by atoms with Crippen LogP contribution >= 0.6 is 0 Å². The Bertz CT molecular complexity index is 370. The van der Waals surface area contributed by atoms with Crippen molar-refractivity contribution in [3.8, 4) is 0 Å². The number of nitrogens with one attached hydrogen (secondary N) is 2. The van der Waals surface area contributed by atoms with E-state index in [2.05, 4.69) is 15.6 Å². The molecule has 2 N–H and O–H groups in total. The number of aromatic nitrogens is 2. The molecule has 0 unspecified atom stereocenters. The smallest absolute Gasteiger partial charge is 0.220 e. The molecule has 0 atom stereocenters. The van der Waals surface area contributed by atoms with Gasteiger partial charge in [-0.05, 0) is 25.8 Å². The first-order valence-electron chi connectivity index (χ1n) is 6.21. The Balaban J connectivity index is 1.51. The molecule has 1 aromatic heterocycles. The molecule has 1 heterocycles. The topological polar surface area (TPSA) is 59.0 Å². The number of amides is 1. The van der Waals surface area contributed by atoms with Crippen molar-refractivity contribution >= 4 is 5.91 Å². The third-order valence-corrected chi connectivity index (χ3v) is 2.92. The average Bonchev–Trinajstić information content (AvgIpc) is 3.01. The van der Waals surface area contributed by atoms with Gasteiger partial charge in [0.05, 0.1) is 12.0 Å². The highest BCUT2D eigenvalue weighted by atomic mass is 16.1. The van der Waals surface area contributed by atoms with Gasteiger partial charge in [0.2, 0.25) is 5.91 Å². The van der Waals surface area contributed by atoms with Crippen molar-refractivity contribution in [2.75, 3.05) is 6.54 Å². The highest BCUT2D eigenvalue weighted by Gasteiger charge is 2.22. The number of hydrogen-bond donors (Lipinski definition) is 2. The third-order valence-electron chi connectivity index (χ3n) is 2.92. The molecule has 1 fully saturated rings. The zero-order chi connectivity index (χ0) is 12.1. The minimum atomic E-state index is 0.190. The van der Waals surface area contributed by atoms with Crippen LogP contribution in [0.15, 0.2) is 12.5 Å². The molecule has 0 aromatic carbocycles. The Morgan fingerprint density at radius 1 is 1.59 bits per heavy atom. The third kappa shape index (κ3) is 4.19. The first kappa shape index (κ1) is 12.1. The van der Waals surface area contributed by atoms with E-state index in [1.54, 1.807) is 6.33 Å². The van der Waals surface area contributed by atoms with Crippen LogP contribution in [0.5, 0.6) is 0 Å². The molecule has 0 aliphatic heterocycles. The number of nitrogens with zero attached hydrogens (tertiary/aromatic N) is 2.